The average molecular weight is 450 g/mol. The van der Waals surface area contributed by atoms with Crippen LogP contribution in [0.15, 0.2) is 52.4 Å². The molecule has 2 aromatic carbocycles. The number of hydrogen-bond donors (Lipinski definition) is 1. The molecule has 0 saturated carbocycles. The highest BCUT2D eigenvalue weighted by Gasteiger charge is 2.20. The third-order valence-electron chi connectivity index (χ3n) is 5.11. The molecule has 4 aromatic rings. The summed E-state index contributed by atoms with van der Waals surface area (Å²) in [6.45, 7) is 5.81. The number of hydrogen-bond acceptors (Lipinski definition) is 6. The molecule has 0 aliphatic carbocycles. The van der Waals surface area contributed by atoms with Gasteiger partial charge in [-0.2, -0.15) is 0 Å². The van der Waals surface area contributed by atoms with Gasteiger partial charge < -0.3 is 9.72 Å². The lowest BCUT2D eigenvalue weighted by Crippen LogP contribution is -2.23. The van der Waals surface area contributed by atoms with Crippen molar-refractivity contribution in [2.45, 2.75) is 32.3 Å². The predicted octanol–water partition coefficient (Wildman–Crippen LogP) is 4.10. The maximum absolute atomic E-state index is 13.6. The van der Waals surface area contributed by atoms with E-state index in [4.69, 9.17) is 9.72 Å². The molecule has 0 aliphatic rings. The molecule has 1 N–H and O–H groups in total. The Balaban J connectivity index is 1.84. The smallest absolute Gasteiger partial charge is 0.313 e. The number of benzene rings is 2. The van der Waals surface area contributed by atoms with Crippen LogP contribution in [0.25, 0.3) is 27.6 Å². The van der Waals surface area contributed by atoms with Crippen molar-refractivity contribution in [3.05, 3.63) is 63.9 Å². The van der Waals surface area contributed by atoms with Crippen molar-refractivity contribution in [2.75, 3.05) is 12.4 Å². The number of rotatable bonds is 7. The number of ketones is 1. The topological polar surface area (TPSA) is 94.1 Å². The van der Waals surface area contributed by atoms with Crippen LogP contribution in [0.4, 0.5) is 0 Å². The van der Waals surface area contributed by atoms with Gasteiger partial charge in [-0.05, 0) is 44.0 Å². The first-order valence-electron chi connectivity index (χ1n) is 10.3. The second-order valence-corrected chi connectivity index (χ2v) is 8.47. The minimum absolute atomic E-state index is 0.00395. The highest BCUT2D eigenvalue weighted by Crippen LogP contribution is 2.27. The molecular weight excluding hydrogens is 426 g/mol. The minimum atomic E-state index is -0.551. The zero-order chi connectivity index (χ0) is 22.8. The number of Topliss-reactive ketones (excluding diaryl/α,β-unsaturated/α-hetero) is 1. The zero-order valence-corrected chi connectivity index (χ0v) is 18.9. The molecule has 7 nitrogen and oxygen atoms in total. The number of para-hydroxylation sites is 1. The number of ether oxygens (including phenoxy) is 1. The third-order valence-corrected chi connectivity index (χ3v) is 6.11. The second-order valence-electron chi connectivity index (χ2n) is 7.53. The first-order valence-corrected chi connectivity index (χ1v) is 11.3. The van der Waals surface area contributed by atoms with Crippen molar-refractivity contribution in [3.8, 4) is 5.69 Å². The summed E-state index contributed by atoms with van der Waals surface area (Å²) in [4.78, 5) is 45.6. The Bertz CT molecular complexity index is 1400. The van der Waals surface area contributed by atoms with Crippen LogP contribution in [0, 0.1) is 13.8 Å². The molecule has 0 aliphatic heterocycles. The lowest BCUT2D eigenvalue weighted by Gasteiger charge is -2.15. The third kappa shape index (κ3) is 4.18. The normalized spacial score (nSPS) is 11.2. The second kappa shape index (κ2) is 9.00. The number of nitrogens with zero attached hydrogens (tertiary/aromatic N) is 2. The van der Waals surface area contributed by atoms with Gasteiger partial charge in [-0.25, -0.2) is 4.98 Å². The van der Waals surface area contributed by atoms with Gasteiger partial charge in [0.2, 0.25) is 0 Å². The van der Waals surface area contributed by atoms with Gasteiger partial charge in [0.25, 0.3) is 5.56 Å². The number of aromatic nitrogens is 3. The Morgan fingerprint density at radius 3 is 2.72 bits per heavy atom. The quantitative estimate of drug-likeness (QED) is 0.198. The van der Waals surface area contributed by atoms with E-state index in [-0.39, 0.29) is 30.1 Å². The van der Waals surface area contributed by atoms with Gasteiger partial charge in [-0.15, -0.1) is 0 Å². The number of aromatic amines is 1. The van der Waals surface area contributed by atoms with E-state index in [0.29, 0.717) is 21.9 Å². The number of nitrogens with one attached hydrogen (secondary N) is 1. The number of esters is 1. The monoisotopic (exact) mass is 449 g/mol. The Morgan fingerprint density at radius 1 is 1.16 bits per heavy atom. The molecule has 4 rings (SSSR count). The van der Waals surface area contributed by atoms with Crippen molar-refractivity contribution in [3.63, 3.8) is 0 Å². The van der Waals surface area contributed by atoms with Gasteiger partial charge in [0.1, 0.15) is 17.5 Å². The van der Waals surface area contributed by atoms with E-state index in [1.807, 2.05) is 56.3 Å². The molecule has 2 heterocycles. The minimum Gasteiger partial charge on any atom is -0.466 e. The standard InChI is InChI=1S/C24H23N3O4S/c1-4-31-20(29)12-16(28)13-32-24-26-21-17-7-5-6-8-18(17)25-22(21)23(30)27(24)19-11-14(2)9-10-15(19)3/h5-11,25H,4,12-13H2,1-3H3. The first-order chi connectivity index (χ1) is 15.4. The summed E-state index contributed by atoms with van der Waals surface area (Å²) < 4.78 is 6.40. The molecule has 164 valence electrons. The van der Waals surface area contributed by atoms with Gasteiger partial charge >= 0.3 is 5.97 Å². The van der Waals surface area contributed by atoms with Crippen molar-refractivity contribution in [1.29, 1.82) is 0 Å². The number of H-pyrrole nitrogens is 1. The zero-order valence-electron chi connectivity index (χ0n) is 18.1. The number of fused-ring (bicyclic) bond motifs is 3. The summed E-state index contributed by atoms with van der Waals surface area (Å²) in [6.07, 6.45) is -0.302. The molecule has 32 heavy (non-hydrogen) atoms. The Hall–Kier alpha value is -3.39. The van der Waals surface area contributed by atoms with Crippen LogP contribution in [0.2, 0.25) is 0 Å². The van der Waals surface area contributed by atoms with Crippen LogP contribution < -0.4 is 5.56 Å². The van der Waals surface area contributed by atoms with Gasteiger partial charge in [-0.3, -0.25) is 19.0 Å². The predicted molar refractivity (Wildman–Crippen MR) is 126 cm³/mol. The molecular formula is C24H23N3O4S. The first kappa shape index (κ1) is 21.8. The lowest BCUT2D eigenvalue weighted by atomic mass is 10.1. The average Bonchev–Trinajstić information content (AvgIpc) is 3.13. The summed E-state index contributed by atoms with van der Waals surface area (Å²) in [6, 6.07) is 13.4. The maximum Gasteiger partial charge on any atom is 0.313 e. The summed E-state index contributed by atoms with van der Waals surface area (Å²) in [7, 11) is 0. The molecule has 0 saturated heterocycles. The fourth-order valence-corrected chi connectivity index (χ4v) is 4.44. The molecule has 0 atom stereocenters. The van der Waals surface area contributed by atoms with Crippen LogP contribution in [0.5, 0.6) is 0 Å². The van der Waals surface area contributed by atoms with Crippen LogP contribution >= 0.6 is 11.8 Å². The van der Waals surface area contributed by atoms with E-state index >= 15 is 0 Å². The highest BCUT2D eigenvalue weighted by atomic mass is 32.2. The highest BCUT2D eigenvalue weighted by molar-refractivity contribution is 7.99. The Morgan fingerprint density at radius 2 is 1.94 bits per heavy atom. The van der Waals surface area contributed by atoms with Gasteiger partial charge in [0.05, 0.1) is 18.0 Å². The van der Waals surface area contributed by atoms with Crippen LogP contribution in [0.3, 0.4) is 0 Å². The van der Waals surface area contributed by atoms with E-state index in [2.05, 4.69) is 4.98 Å². The fourth-order valence-electron chi connectivity index (χ4n) is 3.58. The SMILES string of the molecule is CCOC(=O)CC(=O)CSc1nc2c([nH]c3ccccc32)c(=O)n1-c1cc(C)ccc1C. The number of aryl methyl sites for hydroxylation is 2. The summed E-state index contributed by atoms with van der Waals surface area (Å²) in [5.41, 5.74) is 4.18. The van der Waals surface area contributed by atoms with Crippen molar-refractivity contribution < 1.29 is 14.3 Å². The molecule has 0 unspecified atom stereocenters. The van der Waals surface area contributed by atoms with E-state index < -0.39 is 5.97 Å². The number of carbonyl (C=O) groups is 2. The van der Waals surface area contributed by atoms with Gasteiger partial charge in [0, 0.05) is 10.9 Å². The molecule has 0 radical (unpaired) electrons. The molecule has 0 amide bonds. The van der Waals surface area contributed by atoms with E-state index in [0.717, 1.165) is 33.8 Å². The Kier molecular flexibility index (Phi) is 6.14. The van der Waals surface area contributed by atoms with E-state index in [1.165, 1.54) is 0 Å². The fraction of sp³-hybridized carbons (Fsp3) is 0.250. The number of thioether (sulfide) groups is 1. The lowest BCUT2D eigenvalue weighted by molar-refractivity contribution is -0.145. The van der Waals surface area contributed by atoms with Crippen molar-refractivity contribution >= 4 is 45.5 Å². The summed E-state index contributed by atoms with van der Waals surface area (Å²) >= 11 is 1.15. The summed E-state index contributed by atoms with van der Waals surface area (Å²) in [5.74, 6) is -0.830. The maximum atomic E-state index is 13.6. The van der Waals surface area contributed by atoms with Crippen molar-refractivity contribution in [2.24, 2.45) is 0 Å². The summed E-state index contributed by atoms with van der Waals surface area (Å²) in [5, 5.41) is 1.24. The van der Waals surface area contributed by atoms with E-state index in [1.54, 1.807) is 11.5 Å². The Labute approximate surface area is 188 Å². The van der Waals surface area contributed by atoms with E-state index in [9.17, 15) is 14.4 Å². The molecule has 0 spiro atoms. The molecule has 2 aromatic heterocycles. The molecule has 0 fully saturated rings. The molecule has 8 heteroatoms. The van der Waals surface area contributed by atoms with Gasteiger partial charge in [-0.1, -0.05) is 42.1 Å². The van der Waals surface area contributed by atoms with Crippen molar-refractivity contribution in [1.82, 2.24) is 14.5 Å². The number of carbonyl (C=O) groups excluding carboxylic acids is 2. The largest absolute Gasteiger partial charge is 0.466 e. The van der Waals surface area contributed by atoms with Gasteiger partial charge in [0.15, 0.2) is 10.9 Å². The molecule has 0 bridgehead atoms. The van der Waals surface area contributed by atoms with Crippen LogP contribution in [-0.2, 0) is 14.3 Å². The van der Waals surface area contributed by atoms with Crippen LogP contribution in [-0.4, -0.2) is 38.6 Å². The van der Waals surface area contributed by atoms with Crippen LogP contribution in [0.1, 0.15) is 24.5 Å².